The van der Waals surface area contributed by atoms with E-state index in [4.69, 9.17) is 15.3 Å². The van der Waals surface area contributed by atoms with E-state index in [2.05, 4.69) is 11.9 Å². The zero-order valence-corrected chi connectivity index (χ0v) is 19.0. The fourth-order valence-corrected chi connectivity index (χ4v) is 2.85. The predicted molar refractivity (Wildman–Crippen MR) is 118 cm³/mol. The van der Waals surface area contributed by atoms with Gasteiger partial charge < -0.3 is 15.8 Å². The molecule has 3 atom stereocenters. The van der Waals surface area contributed by atoms with Crippen LogP contribution in [0.4, 0.5) is 0 Å². The molecule has 0 saturated heterocycles. The quantitative estimate of drug-likeness (QED) is 0.297. The Hall–Kier alpha value is -2.71. The molecule has 1 rings (SSSR count). The Morgan fingerprint density at radius 2 is 1.71 bits per heavy atom. The summed E-state index contributed by atoms with van der Waals surface area (Å²) in [4.78, 5) is 43.9. The highest BCUT2D eigenvalue weighted by Gasteiger charge is 2.37. The van der Waals surface area contributed by atoms with Gasteiger partial charge in [-0.2, -0.15) is 0 Å². The lowest BCUT2D eigenvalue weighted by atomic mass is 9.99. The number of rotatable bonds is 12. The summed E-state index contributed by atoms with van der Waals surface area (Å²) in [5.41, 5.74) is 6.58. The number of hydrogen-bond donors (Lipinski definition) is 2. The number of amides is 2. The van der Waals surface area contributed by atoms with Gasteiger partial charge in [0.15, 0.2) is 0 Å². The summed E-state index contributed by atoms with van der Waals surface area (Å²) in [7, 11) is 0. The van der Waals surface area contributed by atoms with E-state index < -0.39 is 35.9 Å². The first-order valence-electron chi connectivity index (χ1n) is 10.4. The van der Waals surface area contributed by atoms with Crippen molar-refractivity contribution in [3.63, 3.8) is 0 Å². The van der Waals surface area contributed by atoms with Crippen LogP contribution in [0.3, 0.4) is 0 Å². The molecule has 0 fully saturated rings. The maximum Gasteiger partial charge on any atom is 0.329 e. The molecule has 0 radical (unpaired) electrons. The molecule has 1 aromatic carbocycles. The van der Waals surface area contributed by atoms with Crippen LogP contribution in [0.25, 0.3) is 0 Å². The van der Waals surface area contributed by atoms with Crippen LogP contribution in [-0.4, -0.2) is 47.6 Å². The molecule has 3 N–H and O–H groups in total. The third-order valence-corrected chi connectivity index (χ3v) is 4.53. The summed E-state index contributed by atoms with van der Waals surface area (Å²) in [5, 5.41) is 3.72. The van der Waals surface area contributed by atoms with Gasteiger partial charge in [0.25, 0.3) is 5.91 Å². The van der Waals surface area contributed by atoms with Crippen LogP contribution >= 0.6 is 0 Å². The highest BCUT2D eigenvalue weighted by Crippen LogP contribution is 2.16. The van der Waals surface area contributed by atoms with Crippen LogP contribution < -0.4 is 11.1 Å². The lowest BCUT2D eigenvalue weighted by Crippen LogP contribution is -2.58. The number of hydroxylamine groups is 2. The molecule has 0 aliphatic carbocycles. The fourth-order valence-electron chi connectivity index (χ4n) is 2.85. The minimum Gasteiger partial charge on any atom is -0.459 e. The first-order chi connectivity index (χ1) is 14.6. The van der Waals surface area contributed by atoms with Crippen LogP contribution in [0.1, 0.15) is 40.2 Å². The second-order valence-electron chi connectivity index (χ2n) is 8.05. The molecule has 8 heteroatoms. The standard InChI is InChI=1S/C23H35N3O5/c1-7-13-31-26(22(28)17(6)24)20(16(4)5)21(27)25-19(15(2)3)23(29)30-14-18-11-9-8-10-12-18/h7-12,15-17,19-20H,1,13-14,24H2,2-6H3,(H,25,27)/t17-,19-,20+/m0/s1. The molecule has 0 spiro atoms. The zero-order chi connectivity index (χ0) is 23.6. The topological polar surface area (TPSA) is 111 Å². The van der Waals surface area contributed by atoms with Crippen molar-refractivity contribution < 1.29 is 24.0 Å². The van der Waals surface area contributed by atoms with E-state index in [1.807, 2.05) is 30.3 Å². The molecular weight excluding hydrogens is 398 g/mol. The number of hydrogen-bond acceptors (Lipinski definition) is 6. The minimum absolute atomic E-state index is 0.0295. The molecular formula is C23H35N3O5. The summed E-state index contributed by atoms with van der Waals surface area (Å²) < 4.78 is 5.40. The number of nitrogens with one attached hydrogen (secondary N) is 1. The van der Waals surface area contributed by atoms with Gasteiger partial charge in [0.05, 0.1) is 12.6 Å². The highest BCUT2D eigenvalue weighted by molar-refractivity contribution is 5.91. The van der Waals surface area contributed by atoms with Gasteiger partial charge >= 0.3 is 5.97 Å². The van der Waals surface area contributed by atoms with Crippen molar-refractivity contribution in [2.45, 2.75) is 59.4 Å². The van der Waals surface area contributed by atoms with E-state index >= 15 is 0 Å². The molecule has 172 valence electrons. The van der Waals surface area contributed by atoms with Crippen molar-refractivity contribution in [3.8, 4) is 0 Å². The van der Waals surface area contributed by atoms with Gasteiger partial charge in [0, 0.05) is 0 Å². The number of benzene rings is 1. The Labute approximate surface area is 184 Å². The van der Waals surface area contributed by atoms with Crippen molar-refractivity contribution >= 4 is 17.8 Å². The number of nitrogens with zero attached hydrogens (tertiary/aromatic N) is 1. The fraction of sp³-hybridized carbons (Fsp3) is 0.522. The van der Waals surface area contributed by atoms with Crippen LogP contribution in [0.5, 0.6) is 0 Å². The van der Waals surface area contributed by atoms with Gasteiger partial charge in [-0.1, -0.05) is 64.1 Å². The van der Waals surface area contributed by atoms with Gasteiger partial charge in [0.2, 0.25) is 5.91 Å². The second-order valence-corrected chi connectivity index (χ2v) is 8.05. The molecule has 0 aliphatic heterocycles. The summed E-state index contributed by atoms with van der Waals surface area (Å²) in [5.74, 6) is -2.15. The van der Waals surface area contributed by atoms with Gasteiger partial charge in [-0.15, -0.1) is 6.58 Å². The second kappa shape index (κ2) is 12.9. The summed E-state index contributed by atoms with van der Waals surface area (Å²) in [6.45, 7) is 12.4. The SMILES string of the molecule is C=CCON(C(=O)[C@H](C)N)[C@@H](C(=O)N[C@H](C(=O)OCc1ccccc1)C(C)C)C(C)C. The smallest absolute Gasteiger partial charge is 0.329 e. The number of carbonyl (C=O) groups excluding carboxylic acids is 3. The number of nitrogens with two attached hydrogens (primary N) is 1. The van der Waals surface area contributed by atoms with E-state index in [0.29, 0.717) is 0 Å². The average molecular weight is 434 g/mol. The third-order valence-electron chi connectivity index (χ3n) is 4.53. The van der Waals surface area contributed by atoms with Gasteiger partial charge in [-0.05, 0) is 24.3 Å². The number of ether oxygens (including phenoxy) is 1. The lowest BCUT2D eigenvalue weighted by Gasteiger charge is -2.34. The van der Waals surface area contributed by atoms with Gasteiger partial charge in [-0.3, -0.25) is 14.4 Å². The van der Waals surface area contributed by atoms with E-state index in [9.17, 15) is 14.4 Å². The predicted octanol–water partition coefficient (Wildman–Crippen LogP) is 2.19. The maximum atomic E-state index is 13.2. The molecule has 0 aliphatic rings. The van der Waals surface area contributed by atoms with Crippen LogP contribution in [0.15, 0.2) is 43.0 Å². The molecule has 0 heterocycles. The van der Waals surface area contributed by atoms with Crippen molar-refractivity contribution in [2.75, 3.05) is 6.61 Å². The molecule has 31 heavy (non-hydrogen) atoms. The Kier molecular flexibility index (Phi) is 10.9. The summed E-state index contributed by atoms with van der Waals surface area (Å²) in [6.07, 6.45) is 1.47. The maximum absolute atomic E-state index is 13.2. The van der Waals surface area contributed by atoms with E-state index in [1.54, 1.807) is 27.7 Å². The van der Waals surface area contributed by atoms with Crippen molar-refractivity contribution in [1.82, 2.24) is 10.4 Å². The molecule has 1 aromatic rings. The Balaban J connectivity index is 2.99. The monoisotopic (exact) mass is 433 g/mol. The van der Waals surface area contributed by atoms with E-state index in [-0.39, 0.29) is 25.0 Å². The first-order valence-corrected chi connectivity index (χ1v) is 10.4. The summed E-state index contributed by atoms with van der Waals surface area (Å²) in [6, 6.07) is 6.54. The largest absolute Gasteiger partial charge is 0.459 e. The first kappa shape index (κ1) is 26.3. The van der Waals surface area contributed by atoms with Gasteiger partial charge in [0.1, 0.15) is 18.7 Å². The normalized spacial score (nSPS) is 13.9. The molecule has 8 nitrogen and oxygen atoms in total. The summed E-state index contributed by atoms with van der Waals surface area (Å²) >= 11 is 0. The highest BCUT2D eigenvalue weighted by atomic mass is 16.7. The molecule has 0 saturated carbocycles. The average Bonchev–Trinajstić information content (AvgIpc) is 2.72. The van der Waals surface area contributed by atoms with Crippen LogP contribution in [0.2, 0.25) is 0 Å². The molecule has 2 amide bonds. The van der Waals surface area contributed by atoms with E-state index in [0.717, 1.165) is 10.6 Å². The Morgan fingerprint density at radius 3 is 2.19 bits per heavy atom. The van der Waals surface area contributed by atoms with Crippen LogP contribution in [-0.2, 0) is 30.6 Å². The van der Waals surface area contributed by atoms with E-state index in [1.165, 1.54) is 13.0 Å². The third kappa shape index (κ3) is 8.15. The number of carbonyl (C=O) groups is 3. The van der Waals surface area contributed by atoms with Gasteiger partial charge in [-0.25, -0.2) is 9.86 Å². The number of esters is 1. The van der Waals surface area contributed by atoms with Crippen molar-refractivity contribution in [1.29, 1.82) is 0 Å². The Bertz CT molecular complexity index is 734. The Morgan fingerprint density at radius 1 is 1.10 bits per heavy atom. The molecule has 0 unspecified atom stereocenters. The van der Waals surface area contributed by atoms with Crippen LogP contribution in [0, 0.1) is 11.8 Å². The van der Waals surface area contributed by atoms with Crippen molar-refractivity contribution in [3.05, 3.63) is 48.6 Å². The lowest BCUT2D eigenvalue weighted by molar-refractivity contribution is -0.203. The zero-order valence-electron chi connectivity index (χ0n) is 19.0. The minimum atomic E-state index is -0.985. The molecule has 0 aromatic heterocycles. The van der Waals surface area contributed by atoms with Crippen molar-refractivity contribution in [2.24, 2.45) is 17.6 Å². The molecule has 0 bridgehead atoms.